The summed E-state index contributed by atoms with van der Waals surface area (Å²) < 4.78 is 31.1. The van der Waals surface area contributed by atoms with Crippen molar-refractivity contribution in [2.45, 2.75) is 45.6 Å². The molecule has 21 heavy (non-hydrogen) atoms. The molecule has 1 aromatic rings. The molecule has 0 spiro atoms. The molecule has 0 heterocycles. The number of carbonyl (C=O) groups excluding carboxylic acids is 1. The van der Waals surface area contributed by atoms with Gasteiger partial charge in [0.15, 0.2) is 11.6 Å². The van der Waals surface area contributed by atoms with Crippen LogP contribution in [-0.2, 0) is 16.0 Å². The van der Waals surface area contributed by atoms with Crippen molar-refractivity contribution in [3.05, 3.63) is 35.4 Å². The van der Waals surface area contributed by atoms with Crippen LogP contribution < -0.4 is 5.32 Å². The first-order valence-corrected chi connectivity index (χ1v) is 7.39. The van der Waals surface area contributed by atoms with Crippen molar-refractivity contribution in [3.8, 4) is 0 Å². The molecular formula is C16H23F2NO2. The maximum absolute atomic E-state index is 13.2. The number of rotatable bonds is 9. The van der Waals surface area contributed by atoms with E-state index in [2.05, 4.69) is 12.2 Å². The van der Waals surface area contributed by atoms with Crippen molar-refractivity contribution in [1.29, 1.82) is 0 Å². The summed E-state index contributed by atoms with van der Waals surface area (Å²) in [4.78, 5) is 11.6. The minimum atomic E-state index is -0.865. The molecule has 0 radical (unpaired) electrons. The van der Waals surface area contributed by atoms with Gasteiger partial charge >= 0.3 is 5.97 Å². The number of hydrogen-bond acceptors (Lipinski definition) is 3. The lowest BCUT2D eigenvalue weighted by Crippen LogP contribution is -2.34. The lowest BCUT2D eigenvalue weighted by Gasteiger charge is -2.18. The fraction of sp³-hybridized carbons (Fsp3) is 0.562. The molecule has 0 saturated carbocycles. The highest BCUT2D eigenvalue weighted by molar-refractivity contribution is 5.70. The van der Waals surface area contributed by atoms with Crippen LogP contribution >= 0.6 is 0 Å². The van der Waals surface area contributed by atoms with E-state index in [-0.39, 0.29) is 18.4 Å². The summed E-state index contributed by atoms with van der Waals surface area (Å²) in [5.74, 6) is -2.01. The summed E-state index contributed by atoms with van der Waals surface area (Å²) in [5, 5.41) is 3.28. The molecule has 0 bridgehead atoms. The van der Waals surface area contributed by atoms with E-state index in [4.69, 9.17) is 4.74 Å². The SMILES string of the molecule is CCCCNC(CC(=O)OCC)Cc1ccc(F)c(F)c1. The summed E-state index contributed by atoms with van der Waals surface area (Å²) in [6.07, 6.45) is 2.72. The average molecular weight is 299 g/mol. The summed E-state index contributed by atoms with van der Waals surface area (Å²) in [5.41, 5.74) is 0.659. The zero-order chi connectivity index (χ0) is 15.7. The molecule has 1 atom stereocenters. The maximum Gasteiger partial charge on any atom is 0.307 e. The Morgan fingerprint density at radius 1 is 1.29 bits per heavy atom. The quantitative estimate of drug-likeness (QED) is 0.562. The Hall–Kier alpha value is -1.49. The van der Waals surface area contributed by atoms with E-state index in [1.807, 2.05) is 0 Å². The highest BCUT2D eigenvalue weighted by atomic mass is 19.2. The third-order valence-corrected chi connectivity index (χ3v) is 3.15. The van der Waals surface area contributed by atoms with E-state index in [0.717, 1.165) is 25.5 Å². The summed E-state index contributed by atoms with van der Waals surface area (Å²) >= 11 is 0. The van der Waals surface area contributed by atoms with Gasteiger partial charge in [-0.1, -0.05) is 19.4 Å². The van der Waals surface area contributed by atoms with Crippen molar-refractivity contribution in [3.63, 3.8) is 0 Å². The average Bonchev–Trinajstić information content (AvgIpc) is 2.43. The van der Waals surface area contributed by atoms with E-state index in [0.29, 0.717) is 18.6 Å². The molecule has 1 aromatic carbocycles. The van der Waals surface area contributed by atoms with Crippen LogP contribution in [0.2, 0.25) is 0 Å². The molecule has 118 valence electrons. The number of benzene rings is 1. The summed E-state index contributed by atoms with van der Waals surface area (Å²) in [6, 6.07) is 3.69. The molecule has 0 amide bonds. The molecule has 1 rings (SSSR count). The van der Waals surface area contributed by atoms with Crippen LogP contribution in [0.1, 0.15) is 38.7 Å². The molecule has 1 unspecified atom stereocenters. The Bertz CT molecular complexity index is 452. The predicted octanol–water partition coefficient (Wildman–Crippen LogP) is 3.22. The van der Waals surface area contributed by atoms with Crippen molar-refractivity contribution < 1.29 is 18.3 Å². The highest BCUT2D eigenvalue weighted by Crippen LogP contribution is 2.12. The highest BCUT2D eigenvalue weighted by Gasteiger charge is 2.15. The first-order valence-electron chi connectivity index (χ1n) is 7.39. The Balaban J connectivity index is 2.65. The van der Waals surface area contributed by atoms with Crippen molar-refractivity contribution >= 4 is 5.97 Å². The van der Waals surface area contributed by atoms with Crippen LogP contribution in [0.3, 0.4) is 0 Å². The van der Waals surface area contributed by atoms with Crippen LogP contribution in [0.5, 0.6) is 0 Å². The van der Waals surface area contributed by atoms with Crippen molar-refractivity contribution in [1.82, 2.24) is 5.32 Å². The van der Waals surface area contributed by atoms with Crippen LogP contribution in [0.4, 0.5) is 8.78 Å². The van der Waals surface area contributed by atoms with E-state index >= 15 is 0 Å². The van der Waals surface area contributed by atoms with Gasteiger partial charge in [0, 0.05) is 6.04 Å². The van der Waals surface area contributed by atoms with Gasteiger partial charge in [-0.25, -0.2) is 8.78 Å². The fourth-order valence-corrected chi connectivity index (χ4v) is 2.07. The van der Waals surface area contributed by atoms with Gasteiger partial charge in [0.1, 0.15) is 0 Å². The van der Waals surface area contributed by atoms with Gasteiger partial charge in [-0.15, -0.1) is 0 Å². The van der Waals surface area contributed by atoms with Gasteiger partial charge in [-0.2, -0.15) is 0 Å². The zero-order valence-electron chi connectivity index (χ0n) is 12.6. The monoisotopic (exact) mass is 299 g/mol. The second kappa shape index (κ2) is 9.45. The van der Waals surface area contributed by atoms with E-state index in [1.54, 1.807) is 6.92 Å². The second-order valence-electron chi connectivity index (χ2n) is 4.97. The number of esters is 1. The second-order valence-corrected chi connectivity index (χ2v) is 4.97. The van der Waals surface area contributed by atoms with Gasteiger partial charge in [0.2, 0.25) is 0 Å². The normalized spacial score (nSPS) is 12.2. The van der Waals surface area contributed by atoms with Crippen molar-refractivity contribution in [2.24, 2.45) is 0 Å². The number of carbonyl (C=O) groups is 1. The lowest BCUT2D eigenvalue weighted by atomic mass is 10.0. The van der Waals surface area contributed by atoms with Crippen LogP contribution in [0.25, 0.3) is 0 Å². The topological polar surface area (TPSA) is 38.3 Å². The van der Waals surface area contributed by atoms with Gasteiger partial charge in [0.25, 0.3) is 0 Å². The molecular weight excluding hydrogens is 276 g/mol. The van der Waals surface area contributed by atoms with Gasteiger partial charge in [-0.05, 0) is 44.0 Å². The summed E-state index contributed by atoms with van der Waals surface area (Å²) in [6.45, 7) is 4.96. The molecule has 0 aromatic heterocycles. The number of unbranched alkanes of at least 4 members (excludes halogenated alkanes) is 1. The molecule has 0 aliphatic rings. The van der Waals surface area contributed by atoms with E-state index in [9.17, 15) is 13.6 Å². The number of nitrogens with one attached hydrogen (secondary N) is 1. The molecule has 0 fully saturated rings. The Kier molecular flexibility index (Phi) is 7.90. The minimum absolute atomic E-state index is 0.138. The van der Waals surface area contributed by atoms with Gasteiger partial charge in [0.05, 0.1) is 13.0 Å². The zero-order valence-corrected chi connectivity index (χ0v) is 12.6. The molecule has 0 aliphatic heterocycles. The third kappa shape index (κ3) is 6.67. The van der Waals surface area contributed by atoms with Gasteiger partial charge in [-0.3, -0.25) is 4.79 Å². The largest absolute Gasteiger partial charge is 0.466 e. The minimum Gasteiger partial charge on any atom is -0.466 e. The predicted molar refractivity (Wildman–Crippen MR) is 78.0 cm³/mol. The molecule has 1 N–H and O–H groups in total. The third-order valence-electron chi connectivity index (χ3n) is 3.15. The molecule has 3 nitrogen and oxygen atoms in total. The smallest absolute Gasteiger partial charge is 0.307 e. The number of halogens is 2. The lowest BCUT2D eigenvalue weighted by molar-refractivity contribution is -0.143. The van der Waals surface area contributed by atoms with Gasteiger partial charge < -0.3 is 10.1 Å². The first-order chi connectivity index (χ1) is 10.1. The number of ether oxygens (including phenoxy) is 1. The fourth-order valence-electron chi connectivity index (χ4n) is 2.07. The first kappa shape index (κ1) is 17.6. The van der Waals surface area contributed by atoms with Crippen LogP contribution in [0, 0.1) is 11.6 Å². The van der Waals surface area contributed by atoms with E-state index in [1.165, 1.54) is 12.1 Å². The van der Waals surface area contributed by atoms with Crippen LogP contribution in [0.15, 0.2) is 18.2 Å². The molecule has 0 aliphatic carbocycles. The maximum atomic E-state index is 13.2. The Morgan fingerprint density at radius 2 is 2.05 bits per heavy atom. The molecule has 5 heteroatoms. The summed E-state index contributed by atoms with van der Waals surface area (Å²) in [7, 11) is 0. The Morgan fingerprint density at radius 3 is 2.67 bits per heavy atom. The standard InChI is InChI=1S/C16H23F2NO2/c1-3-5-8-19-13(11-16(20)21-4-2)9-12-6-7-14(17)15(18)10-12/h6-7,10,13,19H,3-5,8-9,11H2,1-2H3. The van der Waals surface area contributed by atoms with Crippen molar-refractivity contribution in [2.75, 3.05) is 13.2 Å². The number of hydrogen-bond donors (Lipinski definition) is 1. The Labute approximate surface area is 124 Å². The van der Waals surface area contributed by atoms with Crippen LogP contribution in [-0.4, -0.2) is 25.2 Å². The van der Waals surface area contributed by atoms with E-state index < -0.39 is 11.6 Å². The molecule has 0 saturated heterocycles.